The summed E-state index contributed by atoms with van der Waals surface area (Å²) in [6, 6.07) is 21.1. The minimum atomic E-state index is -0.102. The number of hydrogen-bond donors (Lipinski definition) is 1. The third kappa shape index (κ3) is 6.85. The van der Waals surface area contributed by atoms with Gasteiger partial charge in [0.05, 0.1) is 35.4 Å². The molecular weight excluding hydrogens is 644 g/mol. The third-order valence-electron chi connectivity index (χ3n) is 7.43. The van der Waals surface area contributed by atoms with Crippen molar-refractivity contribution in [2.45, 2.75) is 6.42 Å². The van der Waals surface area contributed by atoms with Crippen LogP contribution >= 0.6 is 27.7 Å². The summed E-state index contributed by atoms with van der Waals surface area (Å²) in [6.07, 6.45) is 4.53. The predicted octanol–water partition coefficient (Wildman–Crippen LogP) is 6.02. The van der Waals surface area contributed by atoms with Gasteiger partial charge in [-0.3, -0.25) is 14.5 Å². The molecule has 0 bridgehead atoms. The lowest BCUT2D eigenvalue weighted by molar-refractivity contribution is -0.137. The highest BCUT2D eigenvalue weighted by atomic mass is 79.9. The molecule has 3 heterocycles. The third-order valence-corrected chi connectivity index (χ3v) is 9.06. The van der Waals surface area contributed by atoms with Crippen molar-refractivity contribution in [3.63, 3.8) is 0 Å². The zero-order valence-corrected chi connectivity index (χ0v) is 26.5. The van der Waals surface area contributed by atoms with Crippen LogP contribution in [0.25, 0.3) is 17.0 Å². The number of carbonyl (C=O) groups is 2. The van der Waals surface area contributed by atoms with Crippen molar-refractivity contribution >= 4 is 67.3 Å². The van der Waals surface area contributed by atoms with Gasteiger partial charge >= 0.3 is 0 Å². The summed E-state index contributed by atoms with van der Waals surface area (Å²) >= 11 is 4.91. The SMILES string of the molecule is COc1ccc(N=C2S/C(=C\c3ccc(OCC(=O)N4CCOCC4)c(Br)c3)C(=O)N2CCc2c[nH]c3ccccc23)cc1. The second-order valence-electron chi connectivity index (χ2n) is 10.2. The Hall–Kier alpha value is -4.06. The van der Waals surface area contributed by atoms with Crippen molar-refractivity contribution in [1.29, 1.82) is 0 Å². The second-order valence-corrected chi connectivity index (χ2v) is 12.1. The fourth-order valence-corrected chi connectivity index (χ4v) is 6.58. The number of amides is 2. The summed E-state index contributed by atoms with van der Waals surface area (Å²) in [5.41, 5.74) is 3.77. The van der Waals surface area contributed by atoms with E-state index in [4.69, 9.17) is 19.2 Å². The summed E-state index contributed by atoms with van der Waals surface area (Å²) in [7, 11) is 1.62. The standard InChI is InChI=1S/C33H31BrN4O5S/c1-41-25-9-7-24(8-10-25)36-33-38(13-12-23-20-35-28-5-3-2-4-26(23)28)32(40)30(44-33)19-22-6-11-29(27(34)18-22)43-21-31(39)37-14-16-42-17-15-37/h2-11,18-20,35H,12-17,21H2,1H3/b30-19-,36-33?. The highest BCUT2D eigenvalue weighted by molar-refractivity contribution is 9.10. The first-order valence-corrected chi connectivity index (χ1v) is 15.9. The molecule has 2 fully saturated rings. The minimum absolute atomic E-state index is 0.0516. The Morgan fingerprint density at radius 1 is 1.11 bits per heavy atom. The number of benzene rings is 3. The number of methoxy groups -OCH3 is 1. The lowest BCUT2D eigenvalue weighted by Crippen LogP contribution is -2.43. The van der Waals surface area contributed by atoms with E-state index in [1.54, 1.807) is 23.0 Å². The molecule has 2 aliphatic rings. The molecule has 2 amide bonds. The van der Waals surface area contributed by atoms with Crippen LogP contribution < -0.4 is 9.47 Å². The van der Waals surface area contributed by atoms with Crippen molar-refractivity contribution in [1.82, 2.24) is 14.8 Å². The molecule has 6 rings (SSSR count). The number of fused-ring (bicyclic) bond motifs is 1. The van der Waals surface area contributed by atoms with Crippen molar-refractivity contribution < 1.29 is 23.8 Å². The molecular formula is C33H31BrN4O5S. The molecule has 0 radical (unpaired) electrons. The molecule has 1 N–H and O–H groups in total. The summed E-state index contributed by atoms with van der Waals surface area (Å²) in [5, 5.41) is 1.77. The van der Waals surface area contributed by atoms with Crippen LogP contribution in [0.1, 0.15) is 11.1 Å². The van der Waals surface area contributed by atoms with Crippen molar-refractivity contribution in [2.75, 3.05) is 46.6 Å². The Labute approximate surface area is 268 Å². The first kappa shape index (κ1) is 30.0. The van der Waals surface area contributed by atoms with Gasteiger partial charge in [0.2, 0.25) is 0 Å². The van der Waals surface area contributed by atoms with E-state index in [-0.39, 0.29) is 18.4 Å². The molecule has 1 aromatic heterocycles. The van der Waals surface area contributed by atoms with E-state index in [9.17, 15) is 9.59 Å². The van der Waals surface area contributed by atoms with Crippen LogP contribution in [0.4, 0.5) is 5.69 Å². The molecule has 2 saturated heterocycles. The Kier molecular flexibility index (Phi) is 9.34. The van der Waals surface area contributed by atoms with Gasteiger partial charge in [-0.25, -0.2) is 4.99 Å². The molecule has 3 aromatic carbocycles. The quantitative estimate of drug-likeness (QED) is 0.218. The monoisotopic (exact) mass is 674 g/mol. The van der Waals surface area contributed by atoms with Crippen LogP contribution in [0.15, 0.2) is 87.3 Å². The van der Waals surface area contributed by atoms with Crippen LogP contribution in [0.3, 0.4) is 0 Å². The van der Waals surface area contributed by atoms with Gasteiger partial charge in [-0.1, -0.05) is 24.3 Å². The van der Waals surface area contributed by atoms with E-state index in [1.165, 1.54) is 11.8 Å². The van der Waals surface area contributed by atoms with Crippen LogP contribution in [0.5, 0.6) is 11.5 Å². The number of rotatable bonds is 9. The first-order valence-electron chi connectivity index (χ1n) is 14.3. The first-order chi connectivity index (χ1) is 21.5. The van der Waals surface area contributed by atoms with Gasteiger partial charge in [-0.2, -0.15) is 0 Å². The van der Waals surface area contributed by atoms with Gasteiger partial charge in [-0.15, -0.1) is 0 Å². The van der Waals surface area contributed by atoms with Crippen LogP contribution in [-0.2, 0) is 20.7 Å². The molecule has 0 atom stereocenters. The lowest BCUT2D eigenvalue weighted by Gasteiger charge is -2.26. The fraction of sp³-hybridized carbons (Fsp3) is 0.242. The molecule has 226 valence electrons. The minimum Gasteiger partial charge on any atom is -0.497 e. The Morgan fingerprint density at radius 2 is 1.91 bits per heavy atom. The molecule has 44 heavy (non-hydrogen) atoms. The largest absolute Gasteiger partial charge is 0.497 e. The van der Waals surface area contributed by atoms with Gasteiger partial charge in [0, 0.05) is 36.7 Å². The second kappa shape index (κ2) is 13.7. The number of thioether (sulfide) groups is 1. The highest BCUT2D eigenvalue weighted by Crippen LogP contribution is 2.36. The number of nitrogens with zero attached hydrogens (tertiary/aromatic N) is 3. The summed E-state index contributed by atoms with van der Waals surface area (Å²) in [4.78, 5) is 38.5. The van der Waals surface area contributed by atoms with Gasteiger partial charge in [0.25, 0.3) is 11.8 Å². The topological polar surface area (TPSA) is 96.5 Å². The number of morpholine rings is 1. The lowest BCUT2D eigenvalue weighted by atomic mass is 10.1. The Balaban J connectivity index is 1.20. The molecule has 0 aliphatic carbocycles. The number of halogens is 1. The number of ether oxygens (including phenoxy) is 3. The van der Waals surface area contributed by atoms with Crippen LogP contribution in [0, 0.1) is 0 Å². The molecule has 0 unspecified atom stereocenters. The number of aliphatic imine (C=N–C) groups is 1. The van der Waals surface area contributed by atoms with Crippen LogP contribution in [-0.4, -0.2) is 78.3 Å². The average molecular weight is 676 g/mol. The smallest absolute Gasteiger partial charge is 0.266 e. The Morgan fingerprint density at radius 3 is 2.68 bits per heavy atom. The number of amidine groups is 1. The van der Waals surface area contributed by atoms with Gasteiger partial charge < -0.3 is 24.1 Å². The summed E-state index contributed by atoms with van der Waals surface area (Å²) in [6.45, 7) is 2.66. The highest BCUT2D eigenvalue weighted by Gasteiger charge is 2.33. The van der Waals surface area contributed by atoms with E-state index < -0.39 is 0 Å². The Bertz CT molecular complexity index is 1730. The van der Waals surface area contributed by atoms with Gasteiger partial charge in [-0.05, 0) is 93.8 Å². The van der Waals surface area contributed by atoms with E-state index in [0.29, 0.717) is 59.6 Å². The maximum Gasteiger partial charge on any atom is 0.266 e. The van der Waals surface area contributed by atoms with E-state index in [0.717, 1.165) is 33.5 Å². The number of nitrogens with one attached hydrogen (secondary N) is 1. The number of aromatic nitrogens is 1. The van der Waals surface area contributed by atoms with Crippen LogP contribution in [0.2, 0.25) is 0 Å². The molecule has 4 aromatic rings. The maximum atomic E-state index is 13.8. The van der Waals surface area contributed by atoms with Crippen molar-refractivity contribution in [3.8, 4) is 11.5 Å². The number of carbonyl (C=O) groups excluding carboxylic acids is 2. The summed E-state index contributed by atoms with van der Waals surface area (Å²) < 4.78 is 17.1. The number of hydrogen-bond acceptors (Lipinski definition) is 7. The van der Waals surface area contributed by atoms with Crippen molar-refractivity contribution in [2.24, 2.45) is 4.99 Å². The predicted molar refractivity (Wildman–Crippen MR) is 176 cm³/mol. The van der Waals surface area contributed by atoms with E-state index in [2.05, 4.69) is 27.0 Å². The van der Waals surface area contributed by atoms with E-state index in [1.807, 2.05) is 66.9 Å². The molecule has 11 heteroatoms. The normalized spacial score (nSPS) is 17.2. The summed E-state index contributed by atoms with van der Waals surface area (Å²) in [5.74, 6) is 1.12. The fourth-order valence-electron chi connectivity index (χ4n) is 5.05. The molecule has 9 nitrogen and oxygen atoms in total. The molecule has 0 saturated carbocycles. The number of aromatic amines is 1. The van der Waals surface area contributed by atoms with E-state index >= 15 is 0 Å². The van der Waals surface area contributed by atoms with Crippen molar-refractivity contribution in [3.05, 3.63) is 93.4 Å². The van der Waals surface area contributed by atoms with Gasteiger partial charge in [0.1, 0.15) is 11.5 Å². The molecule has 2 aliphatic heterocycles. The maximum absolute atomic E-state index is 13.8. The number of para-hydroxylation sites is 1. The zero-order chi connectivity index (χ0) is 30.5. The van der Waals surface area contributed by atoms with Gasteiger partial charge in [0.15, 0.2) is 11.8 Å². The zero-order valence-electron chi connectivity index (χ0n) is 24.1. The molecule has 0 spiro atoms. The number of H-pyrrole nitrogens is 1. The average Bonchev–Trinajstić information content (AvgIpc) is 3.59.